The van der Waals surface area contributed by atoms with Gasteiger partial charge in [0.1, 0.15) is 6.17 Å². The minimum absolute atomic E-state index is 0.242. The van der Waals surface area contributed by atoms with Gasteiger partial charge >= 0.3 is 0 Å². The Bertz CT molecular complexity index is 157. The van der Waals surface area contributed by atoms with Crippen molar-refractivity contribution in [1.82, 2.24) is 0 Å². The molecule has 0 aliphatic heterocycles. The van der Waals surface area contributed by atoms with Gasteiger partial charge in [0.25, 0.3) is 0 Å². The normalized spacial score (nSPS) is 17.8. The molecule has 2 nitrogen and oxygen atoms in total. The summed E-state index contributed by atoms with van der Waals surface area (Å²) in [6.45, 7) is -0.517. The number of halogens is 4. The van der Waals surface area contributed by atoms with Crippen LogP contribution in [0, 0.1) is 0 Å². The van der Waals surface area contributed by atoms with Crippen molar-refractivity contribution in [3.05, 3.63) is 0 Å². The second kappa shape index (κ2) is 7.87. The quantitative estimate of drug-likeness (QED) is 0.381. The van der Waals surface area contributed by atoms with Gasteiger partial charge in [0.05, 0.1) is 6.67 Å². The van der Waals surface area contributed by atoms with E-state index in [1.807, 2.05) is 0 Å². The summed E-state index contributed by atoms with van der Waals surface area (Å²) in [7, 11) is 0. The number of unbranched alkanes of at least 4 members (excludes halogenated alkanes) is 2. The predicted octanol–water partition coefficient (Wildman–Crippen LogP) is 1.84. The maximum atomic E-state index is 12.9. The van der Waals surface area contributed by atoms with E-state index >= 15 is 0 Å². The molecule has 0 rings (SSSR count). The van der Waals surface area contributed by atoms with E-state index in [4.69, 9.17) is 10.2 Å². The molecule has 0 aromatic heterocycles. The zero-order valence-corrected chi connectivity index (χ0v) is 8.25. The average molecular weight is 232 g/mol. The molecule has 3 atom stereocenters. The molecule has 0 bridgehead atoms. The molecule has 0 aliphatic carbocycles. The maximum Gasteiger partial charge on any atom is 0.186 e. The third-order valence-corrected chi connectivity index (χ3v) is 2.05. The Morgan fingerprint density at radius 3 is 1.93 bits per heavy atom. The van der Waals surface area contributed by atoms with Crippen molar-refractivity contribution in [3.63, 3.8) is 0 Å². The molecule has 0 spiro atoms. The fourth-order valence-electron chi connectivity index (χ4n) is 1.13. The first kappa shape index (κ1) is 14.6. The number of aliphatic hydroxyl groups is 2. The van der Waals surface area contributed by atoms with E-state index in [1.165, 1.54) is 0 Å². The van der Waals surface area contributed by atoms with E-state index in [9.17, 15) is 17.6 Å². The molecule has 0 fully saturated rings. The van der Waals surface area contributed by atoms with Gasteiger partial charge in [-0.15, -0.1) is 0 Å². The van der Waals surface area contributed by atoms with Crippen molar-refractivity contribution in [1.29, 1.82) is 0 Å². The van der Waals surface area contributed by atoms with E-state index in [2.05, 4.69) is 0 Å². The summed E-state index contributed by atoms with van der Waals surface area (Å²) < 4.78 is 49.9. The van der Waals surface area contributed by atoms with Crippen LogP contribution in [0.5, 0.6) is 0 Å². The molecule has 6 heteroatoms. The molecule has 2 N–H and O–H groups in total. The van der Waals surface area contributed by atoms with Gasteiger partial charge in [-0.25, -0.2) is 13.2 Å². The number of hydrogen-bond acceptors (Lipinski definition) is 2. The largest absolute Gasteiger partial charge is 0.366 e. The fourth-order valence-corrected chi connectivity index (χ4v) is 1.13. The third kappa shape index (κ3) is 5.94. The Hall–Kier alpha value is -0.360. The highest BCUT2D eigenvalue weighted by Gasteiger charge is 2.33. The van der Waals surface area contributed by atoms with Crippen molar-refractivity contribution in [3.8, 4) is 0 Å². The van der Waals surface area contributed by atoms with E-state index in [0.717, 1.165) is 0 Å². The summed E-state index contributed by atoms with van der Waals surface area (Å²) in [5.41, 5.74) is 0. The van der Waals surface area contributed by atoms with Gasteiger partial charge in [0.2, 0.25) is 0 Å². The van der Waals surface area contributed by atoms with Crippen LogP contribution in [-0.2, 0) is 0 Å². The van der Waals surface area contributed by atoms with Crippen LogP contribution in [0.4, 0.5) is 17.6 Å². The highest BCUT2D eigenvalue weighted by Crippen LogP contribution is 2.19. The molecule has 0 saturated carbocycles. The number of aliphatic hydroxyl groups excluding tert-OH is 1. The minimum Gasteiger partial charge on any atom is -0.366 e. The Labute approximate surface area is 85.9 Å². The molecular weight excluding hydrogens is 216 g/mol. The summed E-state index contributed by atoms with van der Waals surface area (Å²) in [5, 5.41) is 16.5. The first-order valence-corrected chi connectivity index (χ1v) is 4.85. The lowest BCUT2D eigenvalue weighted by atomic mass is 10.0. The lowest BCUT2D eigenvalue weighted by molar-refractivity contribution is -0.124. The molecule has 0 aromatic carbocycles. The van der Waals surface area contributed by atoms with E-state index in [-0.39, 0.29) is 19.3 Å². The van der Waals surface area contributed by atoms with Crippen molar-refractivity contribution >= 4 is 0 Å². The zero-order valence-electron chi connectivity index (χ0n) is 8.25. The second-order valence-electron chi connectivity index (χ2n) is 3.36. The van der Waals surface area contributed by atoms with Gasteiger partial charge in [-0.1, -0.05) is 12.8 Å². The summed E-state index contributed by atoms with van der Waals surface area (Å²) in [6.07, 6.45) is -9.09. The van der Waals surface area contributed by atoms with Crippen LogP contribution >= 0.6 is 0 Å². The van der Waals surface area contributed by atoms with Gasteiger partial charge in [-0.3, -0.25) is 4.39 Å². The van der Waals surface area contributed by atoms with E-state index in [0.29, 0.717) is 6.42 Å². The van der Waals surface area contributed by atoms with Gasteiger partial charge in [-0.2, -0.15) is 0 Å². The molecule has 92 valence electrons. The average Bonchev–Trinajstić information content (AvgIpc) is 2.21. The fraction of sp³-hybridized carbons (Fsp3) is 1.00. The van der Waals surface area contributed by atoms with Crippen molar-refractivity contribution < 1.29 is 27.8 Å². The number of hydrogen-bond donors (Lipinski definition) is 2. The Morgan fingerprint density at radius 2 is 1.47 bits per heavy atom. The van der Waals surface area contributed by atoms with Crippen LogP contribution in [-0.4, -0.2) is 41.7 Å². The van der Waals surface area contributed by atoms with Crippen LogP contribution < -0.4 is 0 Å². The molecular formula is C9H16F4O2. The SMILES string of the molecule is OC(O)C(F)C(F)C(F)CCCCCF. The molecule has 3 unspecified atom stereocenters. The summed E-state index contributed by atoms with van der Waals surface area (Å²) in [6, 6.07) is 0. The lowest BCUT2D eigenvalue weighted by Crippen LogP contribution is -2.36. The molecule has 0 amide bonds. The van der Waals surface area contributed by atoms with Crippen molar-refractivity contribution in [2.24, 2.45) is 0 Å². The lowest BCUT2D eigenvalue weighted by Gasteiger charge is -2.18. The van der Waals surface area contributed by atoms with Crippen LogP contribution in [0.1, 0.15) is 25.7 Å². The third-order valence-electron chi connectivity index (χ3n) is 2.05. The summed E-state index contributed by atoms with van der Waals surface area (Å²) >= 11 is 0. The molecule has 0 radical (unpaired) electrons. The summed E-state index contributed by atoms with van der Waals surface area (Å²) in [5.74, 6) is 0. The Morgan fingerprint density at radius 1 is 0.867 bits per heavy atom. The Kier molecular flexibility index (Phi) is 7.68. The minimum atomic E-state index is -2.64. The maximum absolute atomic E-state index is 12.9. The van der Waals surface area contributed by atoms with Gasteiger partial charge in [-0.05, 0) is 12.8 Å². The molecule has 15 heavy (non-hydrogen) atoms. The molecule has 0 saturated heterocycles. The van der Waals surface area contributed by atoms with Crippen LogP contribution in [0.2, 0.25) is 0 Å². The second-order valence-corrected chi connectivity index (χ2v) is 3.36. The summed E-state index contributed by atoms with van der Waals surface area (Å²) in [4.78, 5) is 0. The number of rotatable bonds is 8. The van der Waals surface area contributed by atoms with Gasteiger partial charge in [0, 0.05) is 0 Å². The smallest absolute Gasteiger partial charge is 0.186 e. The number of alkyl halides is 4. The van der Waals surface area contributed by atoms with Crippen molar-refractivity contribution in [2.75, 3.05) is 6.67 Å². The zero-order chi connectivity index (χ0) is 11.8. The standard InChI is InChI=1S/C9H16F4O2/c10-5-3-1-2-4-6(11)7(12)8(13)9(14)15/h6-9,14-15H,1-5H2. The van der Waals surface area contributed by atoms with Crippen LogP contribution in [0.25, 0.3) is 0 Å². The highest BCUT2D eigenvalue weighted by atomic mass is 19.2. The van der Waals surface area contributed by atoms with Crippen LogP contribution in [0.15, 0.2) is 0 Å². The Balaban J connectivity index is 3.73. The molecule has 0 heterocycles. The van der Waals surface area contributed by atoms with E-state index < -0.39 is 31.5 Å². The molecule has 0 aliphatic rings. The topological polar surface area (TPSA) is 40.5 Å². The first-order valence-electron chi connectivity index (χ1n) is 4.85. The van der Waals surface area contributed by atoms with Crippen molar-refractivity contribution in [2.45, 2.75) is 50.5 Å². The van der Waals surface area contributed by atoms with E-state index in [1.54, 1.807) is 0 Å². The highest BCUT2D eigenvalue weighted by molar-refractivity contribution is 4.77. The first-order chi connectivity index (χ1) is 7.00. The predicted molar refractivity (Wildman–Crippen MR) is 47.4 cm³/mol. The van der Waals surface area contributed by atoms with Crippen LogP contribution in [0.3, 0.4) is 0 Å². The monoisotopic (exact) mass is 232 g/mol. The molecule has 0 aromatic rings. The van der Waals surface area contributed by atoms with Gasteiger partial charge in [0.15, 0.2) is 18.6 Å². The van der Waals surface area contributed by atoms with Gasteiger partial charge < -0.3 is 10.2 Å².